The second-order valence-electron chi connectivity index (χ2n) is 6.00. The average Bonchev–Trinajstić information content (AvgIpc) is 2.52. The lowest BCUT2D eigenvalue weighted by molar-refractivity contribution is -0.274. The summed E-state index contributed by atoms with van der Waals surface area (Å²) in [5.74, 6) is 1.00. The van der Waals surface area contributed by atoms with E-state index < -0.39 is 6.36 Å². The zero-order valence-corrected chi connectivity index (χ0v) is 12.9. The molecule has 0 aliphatic heterocycles. The van der Waals surface area contributed by atoms with Gasteiger partial charge in [0, 0.05) is 6.08 Å². The van der Waals surface area contributed by atoms with E-state index in [1.807, 2.05) is 12.1 Å². The molecule has 1 aliphatic rings. The Balaban J connectivity index is 1.74. The first kappa shape index (κ1) is 17.4. The summed E-state index contributed by atoms with van der Waals surface area (Å²) < 4.78 is 40.2. The summed E-state index contributed by atoms with van der Waals surface area (Å²) in [4.78, 5) is 0. The van der Waals surface area contributed by atoms with Crippen LogP contribution in [0.4, 0.5) is 13.2 Å². The molecule has 1 aromatic carbocycles. The predicted molar refractivity (Wildman–Crippen MR) is 81.6 cm³/mol. The third kappa shape index (κ3) is 6.35. The fourth-order valence-electron chi connectivity index (χ4n) is 3.08. The van der Waals surface area contributed by atoms with Crippen LogP contribution < -0.4 is 4.74 Å². The van der Waals surface area contributed by atoms with Gasteiger partial charge in [-0.05, 0) is 68.1 Å². The highest BCUT2D eigenvalue weighted by atomic mass is 19.4. The molecule has 5 heteroatoms. The average molecular weight is 323 g/mol. The standard InChI is InChI=1S/C18H20F3NO/c19-18(20,21)23-17-11-9-16(10-12-17)8-7-15-5-3-14(4-6-15)2-1-13-22/h1-2,9-12,14-15H,3-8H2/b2-1+. The molecule has 0 spiro atoms. The number of hydrogen-bond donors (Lipinski definition) is 0. The van der Waals surface area contributed by atoms with Crippen LogP contribution in [0.15, 0.2) is 36.4 Å². The summed E-state index contributed by atoms with van der Waals surface area (Å²) in [7, 11) is 0. The number of nitrogens with zero attached hydrogens (tertiary/aromatic N) is 1. The first-order valence-electron chi connectivity index (χ1n) is 7.87. The molecule has 1 aliphatic carbocycles. The molecule has 1 saturated carbocycles. The van der Waals surface area contributed by atoms with Crippen molar-refractivity contribution in [2.45, 2.75) is 44.9 Å². The Morgan fingerprint density at radius 3 is 2.35 bits per heavy atom. The smallest absolute Gasteiger partial charge is 0.406 e. The fourth-order valence-corrected chi connectivity index (χ4v) is 3.08. The zero-order valence-electron chi connectivity index (χ0n) is 12.9. The van der Waals surface area contributed by atoms with Crippen molar-refractivity contribution >= 4 is 0 Å². The monoisotopic (exact) mass is 323 g/mol. The molecule has 0 atom stereocenters. The maximum absolute atomic E-state index is 12.1. The van der Waals surface area contributed by atoms with Gasteiger partial charge in [-0.3, -0.25) is 0 Å². The van der Waals surface area contributed by atoms with E-state index in [-0.39, 0.29) is 5.75 Å². The predicted octanol–water partition coefficient (Wildman–Crippen LogP) is 5.40. The van der Waals surface area contributed by atoms with Crippen molar-refractivity contribution in [1.82, 2.24) is 0 Å². The number of ether oxygens (including phenoxy) is 1. The summed E-state index contributed by atoms with van der Waals surface area (Å²) in [6.07, 6.45) is 5.36. The number of benzene rings is 1. The Kier molecular flexibility index (Phi) is 6.09. The van der Waals surface area contributed by atoms with Gasteiger partial charge < -0.3 is 4.74 Å². The molecule has 2 rings (SSSR count). The number of aryl methyl sites for hydroxylation is 1. The molecule has 0 heterocycles. The zero-order chi connectivity index (χ0) is 16.7. The third-order valence-corrected chi connectivity index (χ3v) is 4.33. The van der Waals surface area contributed by atoms with Crippen molar-refractivity contribution in [1.29, 1.82) is 5.26 Å². The van der Waals surface area contributed by atoms with Gasteiger partial charge in [0.25, 0.3) is 0 Å². The maximum Gasteiger partial charge on any atom is 0.573 e. The molecule has 0 bridgehead atoms. The molecule has 0 unspecified atom stereocenters. The molecular formula is C18H20F3NO. The van der Waals surface area contributed by atoms with Crippen LogP contribution in [-0.4, -0.2) is 6.36 Å². The largest absolute Gasteiger partial charge is 0.573 e. The van der Waals surface area contributed by atoms with E-state index >= 15 is 0 Å². The normalized spacial score (nSPS) is 22.0. The van der Waals surface area contributed by atoms with Crippen LogP contribution in [0.2, 0.25) is 0 Å². The topological polar surface area (TPSA) is 33.0 Å². The number of halogens is 3. The highest BCUT2D eigenvalue weighted by Crippen LogP contribution is 2.32. The Labute approximate surface area is 134 Å². The van der Waals surface area contributed by atoms with Gasteiger partial charge in [-0.2, -0.15) is 5.26 Å². The van der Waals surface area contributed by atoms with Crippen molar-refractivity contribution in [2.24, 2.45) is 11.8 Å². The summed E-state index contributed by atoms with van der Waals surface area (Å²) in [5, 5.41) is 8.53. The molecule has 1 fully saturated rings. The summed E-state index contributed by atoms with van der Waals surface area (Å²) >= 11 is 0. The van der Waals surface area contributed by atoms with Crippen LogP contribution in [0, 0.1) is 23.2 Å². The molecule has 0 N–H and O–H groups in total. The first-order chi connectivity index (χ1) is 11.0. The van der Waals surface area contributed by atoms with E-state index in [9.17, 15) is 13.2 Å². The third-order valence-electron chi connectivity index (χ3n) is 4.33. The highest BCUT2D eigenvalue weighted by Gasteiger charge is 2.30. The van der Waals surface area contributed by atoms with Gasteiger partial charge in [0.1, 0.15) is 5.75 Å². The molecule has 124 valence electrons. The SMILES string of the molecule is N#C/C=C/C1CCC(CCc2ccc(OC(F)(F)F)cc2)CC1. The van der Waals surface area contributed by atoms with Crippen molar-refractivity contribution < 1.29 is 17.9 Å². The number of allylic oxidation sites excluding steroid dienone is 2. The van der Waals surface area contributed by atoms with Crippen LogP contribution in [0.25, 0.3) is 0 Å². The Bertz CT molecular complexity index is 549. The lowest BCUT2D eigenvalue weighted by Crippen LogP contribution is -2.17. The molecule has 0 aromatic heterocycles. The van der Waals surface area contributed by atoms with E-state index in [0.717, 1.165) is 44.1 Å². The van der Waals surface area contributed by atoms with Crippen LogP contribution in [0.5, 0.6) is 5.75 Å². The number of hydrogen-bond acceptors (Lipinski definition) is 2. The van der Waals surface area contributed by atoms with Gasteiger partial charge >= 0.3 is 6.36 Å². The van der Waals surface area contributed by atoms with E-state index in [1.54, 1.807) is 18.2 Å². The van der Waals surface area contributed by atoms with E-state index in [2.05, 4.69) is 4.74 Å². The van der Waals surface area contributed by atoms with Gasteiger partial charge in [0.2, 0.25) is 0 Å². The minimum atomic E-state index is -4.64. The van der Waals surface area contributed by atoms with Crippen molar-refractivity contribution in [2.75, 3.05) is 0 Å². The van der Waals surface area contributed by atoms with E-state index in [1.165, 1.54) is 12.1 Å². The fraction of sp³-hybridized carbons (Fsp3) is 0.500. The lowest BCUT2D eigenvalue weighted by atomic mass is 9.79. The first-order valence-corrected chi connectivity index (χ1v) is 7.87. The molecule has 0 saturated heterocycles. The van der Waals surface area contributed by atoms with E-state index in [0.29, 0.717) is 11.8 Å². The minimum Gasteiger partial charge on any atom is -0.406 e. The molecule has 2 nitrogen and oxygen atoms in total. The molecule has 23 heavy (non-hydrogen) atoms. The van der Waals surface area contributed by atoms with Crippen LogP contribution >= 0.6 is 0 Å². The van der Waals surface area contributed by atoms with Crippen LogP contribution in [0.1, 0.15) is 37.7 Å². The molecule has 0 amide bonds. The Morgan fingerprint density at radius 1 is 1.13 bits per heavy atom. The molecule has 0 radical (unpaired) electrons. The second-order valence-corrected chi connectivity index (χ2v) is 6.00. The Hall–Kier alpha value is -1.96. The second kappa shape index (κ2) is 8.05. The van der Waals surface area contributed by atoms with Crippen LogP contribution in [0.3, 0.4) is 0 Å². The quantitative estimate of drug-likeness (QED) is 0.679. The molecular weight excluding hydrogens is 303 g/mol. The van der Waals surface area contributed by atoms with Crippen molar-refractivity contribution in [3.8, 4) is 11.8 Å². The van der Waals surface area contributed by atoms with Gasteiger partial charge in [-0.25, -0.2) is 0 Å². The highest BCUT2D eigenvalue weighted by molar-refractivity contribution is 5.27. The van der Waals surface area contributed by atoms with Crippen LogP contribution in [-0.2, 0) is 6.42 Å². The summed E-state index contributed by atoms with van der Waals surface area (Å²) in [6.45, 7) is 0. The Morgan fingerprint density at radius 2 is 1.78 bits per heavy atom. The number of nitriles is 1. The van der Waals surface area contributed by atoms with Gasteiger partial charge in [0.15, 0.2) is 0 Å². The van der Waals surface area contributed by atoms with Crippen molar-refractivity contribution in [3.63, 3.8) is 0 Å². The maximum atomic E-state index is 12.1. The van der Waals surface area contributed by atoms with Crippen molar-refractivity contribution in [3.05, 3.63) is 42.0 Å². The molecule has 1 aromatic rings. The summed E-state index contributed by atoms with van der Waals surface area (Å²) in [5.41, 5.74) is 1.03. The lowest BCUT2D eigenvalue weighted by Gasteiger charge is -2.26. The number of alkyl halides is 3. The van der Waals surface area contributed by atoms with E-state index in [4.69, 9.17) is 5.26 Å². The minimum absolute atomic E-state index is 0.175. The van der Waals surface area contributed by atoms with Gasteiger partial charge in [-0.1, -0.05) is 18.2 Å². The van der Waals surface area contributed by atoms with Gasteiger partial charge in [0.05, 0.1) is 6.07 Å². The van der Waals surface area contributed by atoms with Gasteiger partial charge in [-0.15, -0.1) is 13.2 Å². The summed E-state index contributed by atoms with van der Waals surface area (Å²) in [6, 6.07) is 8.16. The number of rotatable bonds is 5.